The first-order valence-electron chi connectivity index (χ1n) is 7.89. The van der Waals surface area contributed by atoms with Crippen LogP contribution in [0.25, 0.3) is 0 Å². The molecule has 0 aromatic carbocycles. The van der Waals surface area contributed by atoms with Gasteiger partial charge in [-0.25, -0.2) is 0 Å². The number of aromatic amines is 1. The number of nitrogens with one attached hydrogen (secondary N) is 1. The molecular formula is C17H28N2O. The molecule has 20 heavy (non-hydrogen) atoms. The lowest BCUT2D eigenvalue weighted by Crippen LogP contribution is -2.32. The summed E-state index contributed by atoms with van der Waals surface area (Å²) in [6, 6.07) is 3.94. The highest BCUT2D eigenvalue weighted by Crippen LogP contribution is 2.34. The number of H-pyrrole nitrogens is 1. The van der Waals surface area contributed by atoms with Gasteiger partial charge in [0.1, 0.15) is 5.69 Å². The van der Waals surface area contributed by atoms with E-state index in [9.17, 15) is 4.79 Å². The number of amides is 1. The van der Waals surface area contributed by atoms with Crippen LogP contribution < -0.4 is 0 Å². The van der Waals surface area contributed by atoms with E-state index >= 15 is 0 Å². The summed E-state index contributed by atoms with van der Waals surface area (Å²) in [7, 11) is 0. The Morgan fingerprint density at radius 1 is 1.30 bits per heavy atom. The van der Waals surface area contributed by atoms with Gasteiger partial charge in [-0.1, -0.05) is 27.7 Å². The molecule has 0 aliphatic carbocycles. The summed E-state index contributed by atoms with van der Waals surface area (Å²) in [5.41, 5.74) is 2.23. The van der Waals surface area contributed by atoms with Gasteiger partial charge in [-0.3, -0.25) is 4.79 Å². The predicted octanol–water partition coefficient (Wildman–Crippen LogP) is 3.87. The maximum Gasteiger partial charge on any atom is 0.270 e. The van der Waals surface area contributed by atoms with E-state index in [1.807, 2.05) is 17.0 Å². The van der Waals surface area contributed by atoms with E-state index in [-0.39, 0.29) is 5.91 Å². The third-order valence-corrected chi connectivity index (χ3v) is 4.60. The van der Waals surface area contributed by atoms with E-state index in [2.05, 4.69) is 32.7 Å². The number of nitrogens with zero attached hydrogens (tertiary/aromatic N) is 1. The minimum absolute atomic E-state index is 0.166. The van der Waals surface area contributed by atoms with Crippen molar-refractivity contribution >= 4 is 5.91 Å². The zero-order valence-corrected chi connectivity index (χ0v) is 13.3. The van der Waals surface area contributed by atoms with Gasteiger partial charge < -0.3 is 9.88 Å². The smallest absolute Gasteiger partial charge is 0.270 e. The average Bonchev–Trinajstić information content (AvgIpc) is 2.72. The summed E-state index contributed by atoms with van der Waals surface area (Å²) in [6.45, 7) is 10.8. The van der Waals surface area contributed by atoms with Gasteiger partial charge in [0.25, 0.3) is 5.91 Å². The van der Waals surface area contributed by atoms with Gasteiger partial charge >= 0.3 is 0 Å². The minimum Gasteiger partial charge on any atom is -0.354 e. The Morgan fingerprint density at radius 2 is 2.05 bits per heavy atom. The molecule has 1 aromatic heterocycles. The fourth-order valence-corrected chi connectivity index (χ4v) is 3.11. The molecule has 112 valence electrons. The molecule has 0 radical (unpaired) electrons. The SMILES string of the molecule is CCc1ccc(C(=O)N2CCC[C@@H](C(C)(C)C)CC2)[nH]1. The van der Waals surface area contributed by atoms with Crippen LogP contribution in [-0.4, -0.2) is 28.9 Å². The number of aromatic nitrogens is 1. The molecule has 0 unspecified atom stereocenters. The second-order valence-electron chi connectivity index (χ2n) is 7.04. The summed E-state index contributed by atoms with van der Waals surface area (Å²) >= 11 is 0. The summed E-state index contributed by atoms with van der Waals surface area (Å²) in [6.07, 6.45) is 4.42. The van der Waals surface area contributed by atoms with Crippen molar-refractivity contribution in [2.75, 3.05) is 13.1 Å². The number of rotatable bonds is 2. The number of hydrogen-bond acceptors (Lipinski definition) is 1. The van der Waals surface area contributed by atoms with Crippen LogP contribution in [-0.2, 0) is 6.42 Å². The molecule has 1 fully saturated rings. The maximum atomic E-state index is 12.5. The standard InChI is InChI=1S/C17H28N2O/c1-5-14-8-9-15(18-14)16(20)19-11-6-7-13(10-12-19)17(2,3)4/h8-9,13,18H,5-7,10-12H2,1-4H3/t13-/m1/s1. The van der Waals surface area contributed by atoms with Gasteiger partial charge in [-0.2, -0.15) is 0 Å². The Balaban J connectivity index is 2.01. The van der Waals surface area contributed by atoms with E-state index in [4.69, 9.17) is 0 Å². The van der Waals surface area contributed by atoms with Crippen LogP contribution >= 0.6 is 0 Å². The molecule has 2 rings (SSSR count). The van der Waals surface area contributed by atoms with Crippen LogP contribution in [0.2, 0.25) is 0 Å². The maximum absolute atomic E-state index is 12.5. The van der Waals surface area contributed by atoms with Crippen LogP contribution in [0, 0.1) is 11.3 Å². The van der Waals surface area contributed by atoms with E-state index in [1.165, 1.54) is 6.42 Å². The van der Waals surface area contributed by atoms with Crippen LogP contribution in [0.5, 0.6) is 0 Å². The Hall–Kier alpha value is -1.25. The molecule has 2 heterocycles. The normalized spacial score (nSPS) is 20.8. The summed E-state index contributed by atoms with van der Waals surface area (Å²) < 4.78 is 0. The second-order valence-corrected chi connectivity index (χ2v) is 7.04. The van der Waals surface area contributed by atoms with Gasteiger partial charge in [-0.05, 0) is 49.1 Å². The molecule has 1 aromatic rings. The lowest BCUT2D eigenvalue weighted by atomic mass is 9.77. The number of likely N-dealkylation sites (tertiary alicyclic amines) is 1. The predicted molar refractivity (Wildman–Crippen MR) is 82.9 cm³/mol. The number of aryl methyl sites for hydroxylation is 1. The molecule has 0 spiro atoms. The Bertz CT molecular complexity index is 456. The van der Waals surface area contributed by atoms with Crippen LogP contribution in [0.15, 0.2) is 12.1 Å². The molecule has 1 saturated heterocycles. The molecule has 0 bridgehead atoms. The molecule has 1 aliphatic rings. The van der Waals surface area contributed by atoms with Crippen molar-refractivity contribution in [1.82, 2.24) is 9.88 Å². The number of hydrogen-bond donors (Lipinski definition) is 1. The van der Waals surface area contributed by atoms with Crippen LogP contribution in [0.4, 0.5) is 0 Å². The van der Waals surface area contributed by atoms with Gasteiger partial charge in [0.05, 0.1) is 0 Å². The van der Waals surface area contributed by atoms with Gasteiger partial charge in [0.15, 0.2) is 0 Å². The third kappa shape index (κ3) is 3.44. The quantitative estimate of drug-likeness (QED) is 0.874. The van der Waals surface area contributed by atoms with Crippen molar-refractivity contribution in [2.24, 2.45) is 11.3 Å². The largest absolute Gasteiger partial charge is 0.354 e. The zero-order valence-electron chi connectivity index (χ0n) is 13.3. The first-order chi connectivity index (χ1) is 9.41. The first kappa shape index (κ1) is 15.1. The molecule has 1 N–H and O–H groups in total. The fourth-order valence-electron chi connectivity index (χ4n) is 3.11. The molecule has 1 aliphatic heterocycles. The Morgan fingerprint density at radius 3 is 2.65 bits per heavy atom. The average molecular weight is 276 g/mol. The molecule has 1 atom stereocenters. The molecular weight excluding hydrogens is 248 g/mol. The molecule has 3 nitrogen and oxygen atoms in total. The highest BCUT2D eigenvalue weighted by molar-refractivity contribution is 5.92. The number of carbonyl (C=O) groups excluding carboxylic acids is 1. The minimum atomic E-state index is 0.166. The van der Waals surface area contributed by atoms with Gasteiger partial charge in [0.2, 0.25) is 0 Å². The topological polar surface area (TPSA) is 36.1 Å². The highest BCUT2D eigenvalue weighted by atomic mass is 16.2. The Labute approximate surface area is 122 Å². The van der Waals surface area contributed by atoms with Gasteiger partial charge in [-0.15, -0.1) is 0 Å². The molecule has 0 saturated carbocycles. The summed E-state index contributed by atoms with van der Waals surface area (Å²) in [5, 5.41) is 0. The lowest BCUT2D eigenvalue weighted by Gasteiger charge is -2.29. The van der Waals surface area contributed by atoms with E-state index in [0.717, 1.165) is 49.7 Å². The van der Waals surface area contributed by atoms with Crippen molar-refractivity contribution < 1.29 is 4.79 Å². The van der Waals surface area contributed by atoms with Crippen molar-refractivity contribution in [1.29, 1.82) is 0 Å². The number of carbonyl (C=O) groups is 1. The van der Waals surface area contributed by atoms with Crippen LogP contribution in [0.1, 0.15) is 63.1 Å². The van der Waals surface area contributed by atoms with Crippen molar-refractivity contribution in [3.8, 4) is 0 Å². The van der Waals surface area contributed by atoms with Crippen molar-refractivity contribution in [3.05, 3.63) is 23.5 Å². The second kappa shape index (κ2) is 6.02. The van der Waals surface area contributed by atoms with Crippen molar-refractivity contribution in [2.45, 2.75) is 53.4 Å². The fraction of sp³-hybridized carbons (Fsp3) is 0.706. The van der Waals surface area contributed by atoms with E-state index < -0.39 is 0 Å². The zero-order chi connectivity index (χ0) is 14.8. The summed E-state index contributed by atoms with van der Waals surface area (Å²) in [5.74, 6) is 0.884. The van der Waals surface area contributed by atoms with Gasteiger partial charge in [0, 0.05) is 18.8 Å². The van der Waals surface area contributed by atoms with E-state index in [1.54, 1.807) is 0 Å². The first-order valence-corrected chi connectivity index (χ1v) is 7.89. The van der Waals surface area contributed by atoms with Crippen LogP contribution in [0.3, 0.4) is 0 Å². The Kier molecular flexibility index (Phi) is 4.56. The van der Waals surface area contributed by atoms with Crippen molar-refractivity contribution in [3.63, 3.8) is 0 Å². The summed E-state index contributed by atoms with van der Waals surface area (Å²) in [4.78, 5) is 17.8. The molecule has 3 heteroatoms. The molecule has 1 amide bonds. The van der Waals surface area contributed by atoms with E-state index in [0.29, 0.717) is 5.41 Å². The third-order valence-electron chi connectivity index (χ3n) is 4.60. The lowest BCUT2D eigenvalue weighted by molar-refractivity contribution is 0.0750. The monoisotopic (exact) mass is 276 g/mol. The highest BCUT2D eigenvalue weighted by Gasteiger charge is 2.28.